The van der Waals surface area contributed by atoms with Crippen LogP contribution in [0.1, 0.15) is 30.6 Å². The molecule has 2 N–H and O–H groups in total. The van der Waals surface area contributed by atoms with Crippen LogP contribution >= 0.6 is 11.3 Å². The molecule has 4 heterocycles. The summed E-state index contributed by atoms with van der Waals surface area (Å²) >= 11 is 1.43. The minimum absolute atomic E-state index is 0.150. The number of carbonyl (C=O) groups excluding carboxylic acids is 2. The molecule has 1 aromatic carbocycles. The topological polar surface area (TPSA) is 92.2 Å². The van der Waals surface area contributed by atoms with Gasteiger partial charge in [0.05, 0.1) is 11.3 Å². The smallest absolute Gasteiger partial charge is 0.253 e. The number of anilines is 1. The van der Waals surface area contributed by atoms with Crippen LogP contribution in [0.3, 0.4) is 0 Å². The fraction of sp³-hybridized carbons (Fsp3) is 0.231. The number of nitrogens with one attached hydrogen (secondary N) is 2. The summed E-state index contributed by atoms with van der Waals surface area (Å²) in [5, 5.41) is 5.50. The molecule has 1 saturated heterocycles. The highest BCUT2D eigenvalue weighted by atomic mass is 32.1. The predicted octanol–water partition coefficient (Wildman–Crippen LogP) is 4.16. The van der Waals surface area contributed by atoms with E-state index in [0.29, 0.717) is 17.1 Å². The van der Waals surface area contributed by atoms with E-state index < -0.39 is 11.6 Å². The molecule has 0 saturated carbocycles. The summed E-state index contributed by atoms with van der Waals surface area (Å²) in [5.41, 5.74) is 6.88. The van der Waals surface area contributed by atoms with Crippen LogP contribution in [0.5, 0.6) is 0 Å². The highest BCUT2D eigenvalue weighted by Gasteiger charge is 2.47. The second-order valence-electron chi connectivity index (χ2n) is 9.08. The van der Waals surface area contributed by atoms with Crippen molar-refractivity contribution in [3.05, 3.63) is 78.2 Å². The van der Waals surface area contributed by atoms with Crippen LogP contribution in [0.4, 0.5) is 5.13 Å². The van der Waals surface area contributed by atoms with E-state index in [4.69, 9.17) is 4.98 Å². The van der Waals surface area contributed by atoms with Gasteiger partial charge in [-0.25, -0.2) is 4.98 Å². The SMILES string of the molecule is CNn1ccc(C(=O)NC2CC(C)(C)N(c3nc(-c4cccc(-c5ccncc5)c4)cs3)C2=O)c1. The molecule has 4 aromatic rings. The zero-order chi connectivity index (χ0) is 24.6. The first kappa shape index (κ1) is 22.8. The van der Waals surface area contributed by atoms with Crippen molar-refractivity contribution in [3.8, 4) is 22.4 Å². The number of pyridine rings is 1. The van der Waals surface area contributed by atoms with E-state index in [1.54, 1.807) is 47.5 Å². The molecule has 178 valence electrons. The summed E-state index contributed by atoms with van der Waals surface area (Å²) < 4.78 is 1.68. The maximum Gasteiger partial charge on any atom is 0.253 e. The average Bonchev–Trinajstić information content (AvgIpc) is 3.58. The number of carbonyl (C=O) groups is 2. The standard InChI is InChI=1S/C26H26N6O2S/c1-26(2)14-21(29-23(33)20-9-12-31(15-20)27-3)24(34)32(26)25-30-22(16-35-25)19-6-4-5-18(13-19)17-7-10-28-11-8-17/h4-13,15-16,21,27H,14H2,1-3H3,(H,29,33). The molecule has 0 radical (unpaired) electrons. The summed E-state index contributed by atoms with van der Waals surface area (Å²) in [6.07, 6.45) is 7.48. The second-order valence-corrected chi connectivity index (χ2v) is 9.92. The van der Waals surface area contributed by atoms with Crippen LogP contribution in [0, 0.1) is 0 Å². The van der Waals surface area contributed by atoms with E-state index >= 15 is 0 Å². The van der Waals surface area contributed by atoms with Gasteiger partial charge in [-0.05, 0) is 55.7 Å². The minimum atomic E-state index is -0.613. The lowest BCUT2D eigenvalue weighted by molar-refractivity contribution is -0.118. The van der Waals surface area contributed by atoms with Crippen LogP contribution in [0.15, 0.2) is 72.6 Å². The van der Waals surface area contributed by atoms with E-state index in [1.165, 1.54) is 11.3 Å². The number of hydrogen-bond acceptors (Lipinski definition) is 6. The third-order valence-corrected chi connectivity index (χ3v) is 7.03. The monoisotopic (exact) mass is 486 g/mol. The Morgan fingerprint density at radius 3 is 2.63 bits per heavy atom. The number of nitrogens with zero attached hydrogens (tertiary/aromatic N) is 4. The molecule has 1 aliphatic rings. The van der Waals surface area contributed by atoms with Crippen molar-refractivity contribution in [2.24, 2.45) is 0 Å². The first-order chi connectivity index (χ1) is 16.9. The van der Waals surface area contributed by atoms with Gasteiger partial charge in [0.2, 0.25) is 0 Å². The lowest BCUT2D eigenvalue weighted by atomic mass is 10.0. The van der Waals surface area contributed by atoms with Crippen molar-refractivity contribution >= 4 is 28.3 Å². The Balaban J connectivity index is 1.36. The Labute approximate surface area is 207 Å². The summed E-state index contributed by atoms with van der Waals surface area (Å²) in [6.45, 7) is 4.00. The molecule has 3 aromatic heterocycles. The molecule has 0 bridgehead atoms. The maximum absolute atomic E-state index is 13.4. The predicted molar refractivity (Wildman–Crippen MR) is 138 cm³/mol. The first-order valence-corrected chi connectivity index (χ1v) is 12.2. The zero-order valence-electron chi connectivity index (χ0n) is 19.7. The van der Waals surface area contributed by atoms with Gasteiger partial charge in [0, 0.05) is 48.3 Å². The van der Waals surface area contributed by atoms with E-state index in [0.717, 1.165) is 22.4 Å². The zero-order valence-corrected chi connectivity index (χ0v) is 20.5. The van der Waals surface area contributed by atoms with Gasteiger partial charge in [0.1, 0.15) is 6.04 Å². The number of hydrogen-bond donors (Lipinski definition) is 2. The quantitative estimate of drug-likeness (QED) is 0.427. The van der Waals surface area contributed by atoms with Gasteiger partial charge in [-0.15, -0.1) is 11.3 Å². The fourth-order valence-corrected chi connectivity index (χ4v) is 5.41. The lowest BCUT2D eigenvalue weighted by Crippen LogP contribution is -2.43. The van der Waals surface area contributed by atoms with E-state index in [9.17, 15) is 9.59 Å². The van der Waals surface area contributed by atoms with E-state index in [-0.39, 0.29) is 11.8 Å². The number of aromatic nitrogens is 3. The molecular weight excluding hydrogens is 460 g/mol. The Morgan fingerprint density at radius 2 is 1.89 bits per heavy atom. The molecule has 9 heteroatoms. The van der Waals surface area contributed by atoms with Crippen molar-refractivity contribution in [1.82, 2.24) is 20.0 Å². The molecule has 0 spiro atoms. The molecule has 1 fully saturated rings. The average molecular weight is 487 g/mol. The molecule has 5 rings (SSSR count). The lowest BCUT2D eigenvalue weighted by Gasteiger charge is -2.28. The molecule has 35 heavy (non-hydrogen) atoms. The van der Waals surface area contributed by atoms with Crippen LogP contribution in [0.2, 0.25) is 0 Å². The van der Waals surface area contributed by atoms with Crippen LogP contribution in [0.25, 0.3) is 22.4 Å². The van der Waals surface area contributed by atoms with E-state index in [2.05, 4.69) is 27.9 Å². The second kappa shape index (κ2) is 8.99. The summed E-state index contributed by atoms with van der Waals surface area (Å²) in [4.78, 5) is 36.7. The number of rotatable bonds is 6. The van der Waals surface area contributed by atoms with Crippen LogP contribution < -0.4 is 15.6 Å². The van der Waals surface area contributed by atoms with E-state index in [1.807, 2.05) is 43.5 Å². The van der Waals surface area contributed by atoms with Gasteiger partial charge in [-0.1, -0.05) is 18.2 Å². The molecule has 1 atom stereocenters. The Morgan fingerprint density at radius 1 is 1.11 bits per heavy atom. The molecule has 1 aliphatic heterocycles. The maximum atomic E-state index is 13.4. The van der Waals surface area contributed by atoms with Crippen molar-refractivity contribution in [2.45, 2.75) is 31.8 Å². The normalized spacial score (nSPS) is 16.9. The van der Waals surface area contributed by atoms with Crippen molar-refractivity contribution in [1.29, 1.82) is 0 Å². The fourth-order valence-electron chi connectivity index (χ4n) is 4.41. The number of amides is 2. The van der Waals surface area contributed by atoms with Gasteiger partial charge in [-0.3, -0.25) is 24.1 Å². The number of thiazole rings is 1. The largest absolute Gasteiger partial charge is 0.340 e. The summed E-state index contributed by atoms with van der Waals surface area (Å²) in [7, 11) is 1.76. The molecule has 2 amide bonds. The van der Waals surface area contributed by atoms with Gasteiger partial charge in [-0.2, -0.15) is 0 Å². The Hall–Kier alpha value is -3.98. The van der Waals surface area contributed by atoms with Crippen LogP contribution in [-0.4, -0.2) is 45.1 Å². The number of benzene rings is 1. The van der Waals surface area contributed by atoms with Gasteiger partial charge >= 0.3 is 0 Å². The Bertz CT molecular complexity index is 1380. The van der Waals surface area contributed by atoms with Crippen molar-refractivity contribution < 1.29 is 9.59 Å². The van der Waals surface area contributed by atoms with Crippen molar-refractivity contribution in [3.63, 3.8) is 0 Å². The van der Waals surface area contributed by atoms with Gasteiger partial charge in [0.25, 0.3) is 11.8 Å². The summed E-state index contributed by atoms with van der Waals surface area (Å²) in [6, 6.07) is 13.2. The molecular formula is C26H26N6O2S. The Kier molecular flexibility index (Phi) is 5.86. The third kappa shape index (κ3) is 4.42. The highest BCUT2D eigenvalue weighted by molar-refractivity contribution is 7.14. The molecule has 8 nitrogen and oxygen atoms in total. The summed E-state index contributed by atoms with van der Waals surface area (Å²) in [5.74, 6) is -0.425. The third-order valence-electron chi connectivity index (χ3n) is 6.20. The minimum Gasteiger partial charge on any atom is -0.340 e. The first-order valence-electron chi connectivity index (χ1n) is 11.3. The van der Waals surface area contributed by atoms with Gasteiger partial charge < -0.3 is 10.7 Å². The van der Waals surface area contributed by atoms with Gasteiger partial charge in [0.15, 0.2) is 5.13 Å². The van der Waals surface area contributed by atoms with Crippen LogP contribution in [-0.2, 0) is 4.79 Å². The molecule has 1 unspecified atom stereocenters. The molecule has 0 aliphatic carbocycles. The highest BCUT2D eigenvalue weighted by Crippen LogP contribution is 2.38. The van der Waals surface area contributed by atoms with Crippen molar-refractivity contribution in [2.75, 3.05) is 17.4 Å².